The average Bonchev–Trinajstić information content (AvgIpc) is 3.14. The van der Waals surface area contributed by atoms with Crippen LogP contribution in [0.1, 0.15) is 10.6 Å². The molecule has 0 saturated heterocycles. The Morgan fingerprint density at radius 1 is 1.00 bits per heavy atom. The highest BCUT2D eigenvalue weighted by molar-refractivity contribution is 7.91. The maximum Gasteiger partial charge on any atom is 0.291 e. The summed E-state index contributed by atoms with van der Waals surface area (Å²) in [5.74, 6) is -0.0292. The van der Waals surface area contributed by atoms with Crippen LogP contribution in [0, 0.1) is 0 Å². The number of anilines is 1. The molecule has 0 bridgehead atoms. The second-order valence-corrected chi connectivity index (χ2v) is 7.58. The Labute approximate surface area is 155 Å². The van der Waals surface area contributed by atoms with E-state index in [-0.39, 0.29) is 15.7 Å². The van der Waals surface area contributed by atoms with Crippen molar-refractivity contribution in [3.05, 3.63) is 71.4 Å². The van der Waals surface area contributed by atoms with Crippen molar-refractivity contribution < 1.29 is 22.4 Å². The minimum Gasteiger partial charge on any atom is -0.497 e. The number of furan rings is 1. The maximum atomic E-state index is 12.5. The molecule has 1 amide bonds. The van der Waals surface area contributed by atoms with Crippen molar-refractivity contribution in [2.75, 3.05) is 12.4 Å². The highest BCUT2D eigenvalue weighted by Gasteiger charge is 2.23. The van der Waals surface area contributed by atoms with Crippen LogP contribution in [-0.4, -0.2) is 21.4 Å². The van der Waals surface area contributed by atoms with Crippen molar-refractivity contribution in [1.82, 2.24) is 0 Å². The van der Waals surface area contributed by atoms with Gasteiger partial charge >= 0.3 is 0 Å². The van der Waals surface area contributed by atoms with Gasteiger partial charge in [-0.3, -0.25) is 4.79 Å². The van der Waals surface area contributed by atoms with Crippen LogP contribution in [0.2, 0.25) is 5.02 Å². The number of hydrogen-bond acceptors (Lipinski definition) is 5. The first-order valence-corrected chi connectivity index (χ1v) is 9.32. The molecule has 0 saturated carbocycles. The second kappa shape index (κ2) is 7.23. The smallest absolute Gasteiger partial charge is 0.291 e. The first-order chi connectivity index (χ1) is 12.4. The average molecular weight is 392 g/mol. The van der Waals surface area contributed by atoms with E-state index in [2.05, 4.69) is 5.32 Å². The fourth-order valence-electron chi connectivity index (χ4n) is 2.18. The van der Waals surface area contributed by atoms with E-state index in [4.69, 9.17) is 20.8 Å². The lowest BCUT2D eigenvalue weighted by atomic mass is 10.3. The van der Waals surface area contributed by atoms with Gasteiger partial charge in [0.1, 0.15) is 5.75 Å². The number of rotatable bonds is 5. The van der Waals surface area contributed by atoms with Crippen LogP contribution in [0.15, 0.2) is 75.1 Å². The summed E-state index contributed by atoms with van der Waals surface area (Å²) in [6.45, 7) is 0. The largest absolute Gasteiger partial charge is 0.497 e. The Balaban J connectivity index is 1.80. The molecule has 0 aliphatic rings. The molecular weight excluding hydrogens is 378 g/mol. The zero-order valence-corrected chi connectivity index (χ0v) is 15.2. The van der Waals surface area contributed by atoms with E-state index in [9.17, 15) is 13.2 Å². The lowest BCUT2D eigenvalue weighted by Crippen LogP contribution is -2.10. The normalized spacial score (nSPS) is 11.2. The number of amides is 1. The first-order valence-electron chi connectivity index (χ1n) is 7.46. The second-order valence-electron chi connectivity index (χ2n) is 5.26. The van der Waals surface area contributed by atoms with Crippen LogP contribution in [0.25, 0.3) is 0 Å². The lowest BCUT2D eigenvalue weighted by Gasteiger charge is -2.05. The first kappa shape index (κ1) is 18.0. The van der Waals surface area contributed by atoms with E-state index in [1.807, 2.05) is 0 Å². The summed E-state index contributed by atoms with van der Waals surface area (Å²) in [6, 6.07) is 14.9. The van der Waals surface area contributed by atoms with Crippen molar-refractivity contribution in [3.63, 3.8) is 0 Å². The molecule has 3 aromatic rings. The van der Waals surface area contributed by atoms with Gasteiger partial charge in [0.2, 0.25) is 14.9 Å². The number of nitrogens with one attached hydrogen (secondary N) is 1. The van der Waals surface area contributed by atoms with Gasteiger partial charge in [0.25, 0.3) is 5.91 Å². The molecule has 1 N–H and O–H groups in total. The van der Waals surface area contributed by atoms with Crippen LogP contribution < -0.4 is 10.1 Å². The van der Waals surface area contributed by atoms with Crippen molar-refractivity contribution in [3.8, 4) is 5.75 Å². The zero-order chi connectivity index (χ0) is 18.7. The molecule has 134 valence electrons. The van der Waals surface area contributed by atoms with Crippen molar-refractivity contribution in [2.45, 2.75) is 9.99 Å². The van der Waals surface area contributed by atoms with E-state index in [0.29, 0.717) is 16.5 Å². The van der Waals surface area contributed by atoms with Crippen LogP contribution in [0.5, 0.6) is 5.75 Å². The predicted octanol–water partition coefficient (Wildman–Crippen LogP) is 4.03. The molecule has 0 aliphatic carbocycles. The van der Waals surface area contributed by atoms with E-state index < -0.39 is 15.7 Å². The summed E-state index contributed by atoms with van der Waals surface area (Å²) in [7, 11) is -2.33. The number of methoxy groups -OCH3 is 1. The SMILES string of the molecule is COc1ccc(NC(=O)c2ccc(S(=O)(=O)c3ccc(Cl)cc3)o2)cc1. The summed E-state index contributed by atoms with van der Waals surface area (Å²) in [6.07, 6.45) is 0. The fraction of sp³-hybridized carbons (Fsp3) is 0.0556. The highest BCUT2D eigenvalue weighted by Crippen LogP contribution is 2.25. The van der Waals surface area contributed by atoms with E-state index in [0.717, 1.165) is 0 Å². The molecule has 3 rings (SSSR count). The summed E-state index contributed by atoms with van der Waals surface area (Å²) in [5, 5.41) is 2.72. The number of carbonyl (C=O) groups excluding carboxylic acids is 1. The fourth-order valence-corrected chi connectivity index (χ4v) is 3.48. The molecule has 1 aromatic heterocycles. The molecule has 6 nitrogen and oxygen atoms in total. The summed E-state index contributed by atoms with van der Waals surface area (Å²) >= 11 is 5.77. The molecule has 0 spiro atoms. The third-order valence-corrected chi connectivity index (χ3v) is 5.44. The van der Waals surface area contributed by atoms with Crippen molar-refractivity contribution in [1.29, 1.82) is 0 Å². The van der Waals surface area contributed by atoms with E-state index in [1.165, 1.54) is 36.4 Å². The van der Waals surface area contributed by atoms with Crippen LogP contribution in [0.4, 0.5) is 5.69 Å². The Kier molecular flexibility index (Phi) is 5.01. The Bertz CT molecular complexity index is 1020. The Morgan fingerprint density at radius 2 is 1.65 bits per heavy atom. The van der Waals surface area contributed by atoms with Crippen molar-refractivity contribution >= 4 is 33.0 Å². The summed E-state index contributed by atoms with van der Waals surface area (Å²) < 4.78 is 35.4. The van der Waals surface area contributed by atoms with Gasteiger partial charge < -0.3 is 14.5 Å². The monoisotopic (exact) mass is 391 g/mol. The van der Waals surface area contributed by atoms with Gasteiger partial charge in [-0.2, -0.15) is 0 Å². The predicted molar refractivity (Wildman–Crippen MR) is 96.6 cm³/mol. The number of ether oxygens (including phenoxy) is 1. The topological polar surface area (TPSA) is 85.6 Å². The van der Waals surface area contributed by atoms with Crippen molar-refractivity contribution in [2.24, 2.45) is 0 Å². The molecule has 2 aromatic carbocycles. The van der Waals surface area contributed by atoms with Crippen LogP contribution >= 0.6 is 11.6 Å². The summed E-state index contributed by atoms with van der Waals surface area (Å²) in [4.78, 5) is 12.3. The lowest BCUT2D eigenvalue weighted by molar-refractivity contribution is 0.0991. The standard InChI is InChI=1S/C18H14ClNO5S/c1-24-14-6-4-13(5-7-14)20-18(21)16-10-11-17(25-16)26(22,23)15-8-2-12(19)3-9-15/h2-11H,1H3,(H,20,21). The third kappa shape index (κ3) is 3.74. The molecule has 8 heteroatoms. The molecule has 0 fully saturated rings. The quantitative estimate of drug-likeness (QED) is 0.709. The van der Waals surface area contributed by atoms with E-state index >= 15 is 0 Å². The van der Waals surface area contributed by atoms with Gasteiger partial charge in [-0.05, 0) is 60.7 Å². The Hall–Kier alpha value is -2.77. The molecule has 26 heavy (non-hydrogen) atoms. The number of sulfone groups is 1. The number of benzene rings is 2. The van der Waals surface area contributed by atoms with Gasteiger partial charge in [0.05, 0.1) is 12.0 Å². The van der Waals surface area contributed by atoms with Gasteiger partial charge in [0.15, 0.2) is 5.76 Å². The zero-order valence-electron chi connectivity index (χ0n) is 13.6. The minimum absolute atomic E-state index is 0.0263. The molecule has 0 aliphatic heterocycles. The number of hydrogen-bond donors (Lipinski definition) is 1. The Morgan fingerprint density at radius 3 is 2.27 bits per heavy atom. The maximum absolute atomic E-state index is 12.5. The van der Waals surface area contributed by atoms with Crippen LogP contribution in [-0.2, 0) is 9.84 Å². The molecular formula is C18H14ClNO5S. The molecule has 1 heterocycles. The van der Waals surface area contributed by atoms with Gasteiger partial charge in [0, 0.05) is 10.7 Å². The summed E-state index contributed by atoms with van der Waals surface area (Å²) in [5.41, 5.74) is 0.523. The van der Waals surface area contributed by atoms with Crippen LogP contribution in [0.3, 0.4) is 0 Å². The molecule has 0 radical (unpaired) electrons. The van der Waals surface area contributed by atoms with E-state index in [1.54, 1.807) is 31.4 Å². The highest BCUT2D eigenvalue weighted by atomic mass is 35.5. The number of halogens is 1. The molecule has 0 atom stereocenters. The minimum atomic E-state index is -3.87. The van der Waals surface area contributed by atoms with Gasteiger partial charge in [-0.25, -0.2) is 8.42 Å². The number of carbonyl (C=O) groups is 1. The van der Waals surface area contributed by atoms with Gasteiger partial charge in [-0.1, -0.05) is 11.6 Å². The third-order valence-electron chi connectivity index (χ3n) is 3.54. The van der Waals surface area contributed by atoms with Gasteiger partial charge in [-0.15, -0.1) is 0 Å². The molecule has 0 unspecified atom stereocenters.